The first-order valence-electron chi connectivity index (χ1n) is 9.26. The number of benzene rings is 1. The summed E-state index contributed by atoms with van der Waals surface area (Å²) >= 11 is 0. The van der Waals surface area contributed by atoms with Crippen molar-refractivity contribution in [2.75, 3.05) is 6.61 Å². The Labute approximate surface area is 169 Å². The highest BCUT2D eigenvalue weighted by Crippen LogP contribution is 2.35. The first-order valence-corrected chi connectivity index (χ1v) is 9.26. The number of aliphatic hydroxyl groups is 1. The summed E-state index contributed by atoms with van der Waals surface area (Å²) in [5.74, 6) is -0.0832. The Kier molecular flexibility index (Phi) is 4.89. The molecule has 30 heavy (non-hydrogen) atoms. The summed E-state index contributed by atoms with van der Waals surface area (Å²) in [6.07, 6.45) is -2.10. The van der Waals surface area contributed by atoms with Crippen molar-refractivity contribution in [3.63, 3.8) is 0 Å². The molecule has 0 saturated heterocycles. The maximum Gasteiger partial charge on any atom is 0.433 e. The quantitative estimate of drug-likeness (QED) is 0.640. The SMILES string of the molecule is Cn1nc2ccc(OCc3cccnc3C(F)(F)F)cc2c1C(=O)NC1(CO)CC1. The number of carbonyl (C=O) groups is 1. The fraction of sp³-hybridized carbons (Fsp3) is 0.350. The fourth-order valence-electron chi connectivity index (χ4n) is 3.28. The van der Waals surface area contributed by atoms with Gasteiger partial charge in [0.15, 0.2) is 5.69 Å². The second-order valence-electron chi connectivity index (χ2n) is 7.34. The number of fused-ring (bicyclic) bond motifs is 1. The van der Waals surface area contributed by atoms with E-state index in [1.54, 1.807) is 25.2 Å². The van der Waals surface area contributed by atoms with Gasteiger partial charge in [-0.25, -0.2) is 0 Å². The van der Waals surface area contributed by atoms with Gasteiger partial charge in [-0.3, -0.25) is 14.5 Å². The zero-order chi connectivity index (χ0) is 21.5. The van der Waals surface area contributed by atoms with Gasteiger partial charge < -0.3 is 15.2 Å². The van der Waals surface area contributed by atoms with Crippen molar-refractivity contribution in [2.24, 2.45) is 7.05 Å². The van der Waals surface area contributed by atoms with Gasteiger partial charge in [0, 0.05) is 24.2 Å². The van der Waals surface area contributed by atoms with E-state index in [0.29, 0.717) is 29.5 Å². The van der Waals surface area contributed by atoms with Crippen LogP contribution in [-0.4, -0.2) is 37.9 Å². The number of pyridine rings is 1. The molecule has 2 N–H and O–H groups in total. The Bertz CT molecular complexity index is 1110. The van der Waals surface area contributed by atoms with Crippen LogP contribution in [-0.2, 0) is 19.8 Å². The molecule has 0 unspecified atom stereocenters. The largest absolute Gasteiger partial charge is 0.489 e. The van der Waals surface area contributed by atoms with Crippen molar-refractivity contribution in [1.82, 2.24) is 20.1 Å². The summed E-state index contributed by atoms with van der Waals surface area (Å²) in [6.45, 7) is -0.473. The average Bonchev–Trinajstić information content (AvgIpc) is 3.39. The number of aromatic nitrogens is 3. The number of halogens is 3. The molecular weight excluding hydrogens is 401 g/mol. The second kappa shape index (κ2) is 7.28. The molecule has 2 heterocycles. The maximum absolute atomic E-state index is 13.1. The standard InChI is InChI=1S/C20H19F3N4O3/c1-27-16(18(29)25-19(11-28)6-7-19)14-9-13(4-5-15(14)26-27)30-10-12-3-2-8-24-17(12)20(21,22)23/h2-5,8-9,28H,6-7,10-11H2,1H3,(H,25,29). The van der Waals surface area contributed by atoms with Crippen LogP contribution in [0, 0.1) is 0 Å². The molecule has 158 valence electrons. The number of ether oxygens (including phenoxy) is 1. The van der Waals surface area contributed by atoms with Crippen molar-refractivity contribution < 1.29 is 27.8 Å². The van der Waals surface area contributed by atoms with Gasteiger partial charge in [0.2, 0.25) is 0 Å². The number of aryl methyl sites for hydroxylation is 1. The Morgan fingerprint density at radius 2 is 2.10 bits per heavy atom. The Morgan fingerprint density at radius 3 is 2.77 bits per heavy atom. The minimum atomic E-state index is -4.58. The van der Waals surface area contributed by atoms with Crippen molar-refractivity contribution in [2.45, 2.75) is 31.2 Å². The average molecular weight is 420 g/mol. The summed E-state index contributed by atoms with van der Waals surface area (Å²) in [5, 5.41) is 17.1. The minimum Gasteiger partial charge on any atom is -0.489 e. The number of nitrogens with zero attached hydrogens (tertiary/aromatic N) is 3. The Balaban J connectivity index is 1.59. The van der Waals surface area contributed by atoms with Crippen molar-refractivity contribution >= 4 is 16.8 Å². The zero-order valence-electron chi connectivity index (χ0n) is 16.0. The third kappa shape index (κ3) is 3.82. The van der Waals surface area contributed by atoms with Crippen molar-refractivity contribution in [3.8, 4) is 5.75 Å². The zero-order valence-corrected chi connectivity index (χ0v) is 16.0. The lowest BCUT2D eigenvalue weighted by atomic mass is 10.1. The lowest BCUT2D eigenvalue weighted by Gasteiger charge is -2.14. The highest BCUT2D eigenvalue weighted by Gasteiger charge is 2.44. The smallest absolute Gasteiger partial charge is 0.433 e. The molecule has 1 amide bonds. The van der Waals surface area contributed by atoms with Crippen LogP contribution in [0.1, 0.15) is 34.6 Å². The van der Waals surface area contributed by atoms with E-state index in [2.05, 4.69) is 15.4 Å². The van der Waals surface area contributed by atoms with Gasteiger partial charge in [0.25, 0.3) is 5.91 Å². The van der Waals surface area contributed by atoms with Crippen LogP contribution < -0.4 is 10.1 Å². The molecule has 3 aromatic rings. The molecule has 0 spiro atoms. The predicted octanol–water partition coefficient (Wildman–Crippen LogP) is 2.82. The highest BCUT2D eigenvalue weighted by atomic mass is 19.4. The maximum atomic E-state index is 13.1. The summed E-state index contributed by atoms with van der Waals surface area (Å²) in [5.41, 5.74) is -0.844. The van der Waals surface area contributed by atoms with Gasteiger partial charge in [0.05, 0.1) is 17.7 Å². The number of hydrogen-bond acceptors (Lipinski definition) is 5. The Hall–Kier alpha value is -3.14. The van der Waals surface area contributed by atoms with Crippen LogP contribution in [0.4, 0.5) is 13.2 Å². The molecule has 10 heteroatoms. The number of rotatable bonds is 6. The van der Waals surface area contributed by atoms with E-state index in [1.807, 2.05) is 0 Å². The number of nitrogens with one attached hydrogen (secondary N) is 1. The van der Waals surface area contributed by atoms with Crippen molar-refractivity contribution in [1.29, 1.82) is 0 Å². The predicted molar refractivity (Wildman–Crippen MR) is 101 cm³/mol. The molecule has 0 atom stereocenters. The third-order valence-electron chi connectivity index (χ3n) is 5.11. The molecule has 0 bridgehead atoms. The molecule has 1 aliphatic rings. The topological polar surface area (TPSA) is 89.3 Å². The summed E-state index contributed by atoms with van der Waals surface area (Å²) in [6, 6.07) is 7.50. The first kappa shape index (κ1) is 20.1. The second-order valence-corrected chi connectivity index (χ2v) is 7.34. The van der Waals surface area contributed by atoms with E-state index < -0.39 is 17.4 Å². The number of amides is 1. The van der Waals surface area contributed by atoms with Crippen LogP contribution in [0.15, 0.2) is 36.5 Å². The van der Waals surface area contributed by atoms with E-state index >= 15 is 0 Å². The van der Waals surface area contributed by atoms with Crippen LogP contribution in [0.3, 0.4) is 0 Å². The molecule has 1 fully saturated rings. The van der Waals surface area contributed by atoms with Gasteiger partial charge in [-0.2, -0.15) is 18.3 Å². The molecule has 2 aromatic heterocycles. The normalized spacial score (nSPS) is 15.2. The van der Waals surface area contributed by atoms with E-state index in [-0.39, 0.29) is 30.4 Å². The number of hydrogen-bond donors (Lipinski definition) is 2. The third-order valence-corrected chi connectivity index (χ3v) is 5.11. The molecule has 1 aromatic carbocycles. The fourth-order valence-corrected chi connectivity index (χ4v) is 3.28. The molecule has 0 radical (unpaired) electrons. The van der Waals surface area contributed by atoms with E-state index in [1.165, 1.54) is 16.8 Å². The summed E-state index contributed by atoms with van der Waals surface area (Å²) in [7, 11) is 1.62. The molecule has 4 rings (SSSR count). The molecule has 1 aliphatic carbocycles. The van der Waals surface area contributed by atoms with Gasteiger partial charge in [0.1, 0.15) is 18.1 Å². The Morgan fingerprint density at radius 1 is 1.33 bits per heavy atom. The number of alkyl halides is 3. The molecule has 1 saturated carbocycles. The van der Waals surface area contributed by atoms with Gasteiger partial charge in [-0.1, -0.05) is 6.07 Å². The van der Waals surface area contributed by atoms with E-state index in [4.69, 9.17) is 4.74 Å². The first-order chi connectivity index (χ1) is 14.2. The van der Waals surface area contributed by atoms with Crippen LogP contribution in [0.5, 0.6) is 5.75 Å². The van der Waals surface area contributed by atoms with Crippen LogP contribution >= 0.6 is 0 Å². The highest BCUT2D eigenvalue weighted by molar-refractivity contribution is 6.05. The van der Waals surface area contributed by atoms with E-state index in [9.17, 15) is 23.1 Å². The minimum absolute atomic E-state index is 0.0899. The van der Waals surface area contributed by atoms with Gasteiger partial charge in [-0.05, 0) is 37.1 Å². The lowest BCUT2D eigenvalue weighted by molar-refractivity contribution is -0.142. The van der Waals surface area contributed by atoms with Crippen LogP contribution in [0.2, 0.25) is 0 Å². The monoisotopic (exact) mass is 420 g/mol. The molecule has 0 aliphatic heterocycles. The van der Waals surface area contributed by atoms with Gasteiger partial charge >= 0.3 is 6.18 Å². The van der Waals surface area contributed by atoms with Crippen LogP contribution in [0.25, 0.3) is 10.9 Å². The number of carbonyl (C=O) groups excluding carboxylic acids is 1. The summed E-state index contributed by atoms with van der Waals surface area (Å²) < 4.78 is 46.3. The number of aliphatic hydroxyl groups excluding tert-OH is 1. The van der Waals surface area contributed by atoms with Gasteiger partial charge in [-0.15, -0.1) is 0 Å². The molecular formula is C20H19F3N4O3. The van der Waals surface area contributed by atoms with E-state index in [0.717, 1.165) is 6.20 Å². The molecule has 7 nitrogen and oxygen atoms in total. The lowest BCUT2D eigenvalue weighted by Crippen LogP contribution is -2.40. The summed E-state index contributed by atoms with van der Waals surface area (Å²) in [4.78, 5) is 16.2. The van der Waals surface area contributed by atoms with Crippen molar-refractivity contribution in [3.05, 3.63) is 53.5 Å².